The topological polar surface area (TPSA) is 50.2 Å². The van der Waals surface area contributed by atoms with E-state index >= 15 is 0 Å². The summed E-state index contributed by atoms with van der Waals surface area (Å²) in [5, 5.41) is 8.86. The molecule has 16 heavy (non-hydrogen) atoms. The average molecular weight is 256 g/mol. The van der Waals surface area contributed by atoms with Crippen molar-refractivity contribution in [3.05, 3.63) is 28.8 Å². The molecule has 1 unspecified atom stereocenters. The monoisotopic (exact) mass is 255 g/mol. The fourth-order valence-corrected chi connectivity index (χ4v) is 2.57. The Hall–Kier alpha value is -1.13. The Morgan fingerprint density at radius 1 is 1.62 bits per heavy atom. The first-order valence-corrected chi connectivity index (χ1v) is 6.04. The normalized spacial score (nSPS) is 12.9. The second kappa shape index (κ2) is 4.39. The number of benzene rings is 1. The van der Waals surface area contributed by atoms with E-state index < -0.39 is 11.3 Å². The fourth-order valence-electron chi connectivity index (χ4n) is 1.51. The molecular weight excluding hydrogens is 246 g/mol. The van der Waals surface area contributed by atoms with Gasteiger partial charge in [-0.1, -0.05) is 6.07 Å². The van der Waals surface area contributed by atoms with Crippen LogP contribution in [0.3, 0.4) is 0 Å². The summed E-state index contributed by atoms with van der Waals surface area (Å²) < 4.78 is 1.07. The SMILES string of the molecule is Cc1nc2ccc(CC(Cl)C(=O)O)cc2s1. The van der Waals surface area contributed by atoms with E-state index in [1.165, 1.54) is 0 Å². The number of hydrogen-bond donors (Lipinski definition) is 1. The summed E-state index contributed by atoms with van der Waals surface area (Å²) >= 11 is 7.30. The minimum absolute atomic E-state index is 0.337. The quantitative estimate of drug-likeness (QED) is 0.858. The molecule has 1 N–H and O–H groups in total. The molecule has 1 aromatic carbocycles. The van der Waals surface area contributed by atoms with Crippen molar-refractivity contribution in [3.63, 3.8) is 0 Å². The van der Waals surface area contributed by atoms with Gasteiger partial charge in [-0.05, 0) is 31.0 Å². The Morgan fingerprint density at radius 3 is 3.06 bits per heavy atom. The number of aliphatic carboxylic acids is 1. The van der Waals surface area contributed by atoms with Crippen molar-refractivity contribution in [3.8, 4) is 0 Å². The van der Waals surface area contributed by atoms with Crippen LogP contribution in [-0.2, 0) is 11.2 Å². The molecule has 1 aromatic heterocycles. The summed E-state index contributed by atoms with van der Waals surface area (Å²) in [6, 6.07) is 5.73. The van der Waals surface area contributed by atoms with Gasteiger partial charge in [-0.2, -0.15) is 0 Å². The standard InChI is InChI=1S/C11H10ClNO2S/c1-6-13-9-3-2-7(5-10(9)16-6)4-8(12)11(14)15/h2-3,5,8H,4H2,1H3,(H,14,15). The van der Waals surface area contributed by atoms with Crippen LogP contribution in [-0.4, -0.2) is 21.4 Å². The number of fused-ring (bicyclic) bond motifs is 1. The highest BCUT2D eigenvalue weighted by atomic mass is 35.5. The van der Waals surface area contributed by atoms with Gasteiger partial charge in [-0.3, -0.25) is 4.79 Å². The summed E-state index contributed by atoms with van der Waals surface area (Å²) in [4.78, 5) is 15.0. The van der Waals surface area contributed by atoms with Crippen LogP contribution in [0.5, 0.6) is 0 Å². The summed E-state index contributed by atoms with van der Waals surface area (Å²) in [5.74, 6) is -0.984. The fraction of sp³-hybridized carbons (Fsp3) is 0.273. The first-order valence-electron chi connectivity index (χ1n) is 4.79. The van der Waals surface area contributed by atoms with E-state index in [0.717, 1.165) is 20.8 Å². The molecule has 1 atom stereocenters. The van der Waals surface area contributed by atoms with E-state index in [0.29, 0.717) is 6.42 Å². The molecule has 0 amide bonds. The van der Waals surface area contributed by atoms with Crippen LogP contribution in [0.15, 0.2) is 18.2 Å². The van der Waals surface area contributed by atoms with Crippen molar-refractivity contribution in [2.75, 3.05) is 0 Å². The van der Waals surface area contributed by atoms with Crippen molar-refractivity contribution in [1.82, 2.24) is 4.98 Å². The highest BCUT2D eigenvalue weighted by Crippen LogP contribution is 2.23. The van der Waals surface area contributed by atoms with Crippen LogP contribution in [0, 0.1) is 6.92 Å². The number of halogens is 1. The van der Waals surface area contributed by atoms with Crippen molar-refractivity contribution in [2.45, 2.75) is 18.7 Å². The Bertz CT molecular complexity index is 538. The lowest BCUT2D eigenvalue weighted by Crippen LogP contribution is -2.15. The third-order valence-electron chi connectivity index (χ3n) is 2.24. The third-order valence-corrected chi connectivity index (χ3v) is 3.52. The number of carboxylic acid groups (broad SMARTS) is 1. The predicted molar refractivity (Wildman–Crippen MR) is 65.3 cm³/mol. The van der Waals surface area contributed by atoms with Crippen LogP contribution in [0.2, 0.25) is 0 Å². The van der Waals surface area contributed by atoms with Crippen molar-refractivity contribution >= 4 is 39.1 Å². The van der Waals surface area contributed by atoms with Gasteiger partial charge in [0.2, 0.25) is 0 Å². The van der Waals surface area contributed by atoms with E-state index in [4.69, 9.17) is 16.7 Å². The van der Waals surface area contributed by atoms with E-state index in [1.807, 2.05) is 25.1 Å². The molecule has 3 nitrogen and oxygen atoms in total. The van der Waals surface area contributed by atoms with Gasteiger partial charge in [-0.25, -0.2) is 4.98 Å². The maximum Gasteiger partial charge on any atom is 0.321 e. The Morgan fingerprint density at radius 2 is 2.38 bits per heavy atom. The summed E-state index contributed by atoms with van der Waals surface area (Å²) in [6.45, 7) is 1.95. The molecule has 0 saturated carbocycles. The molecule has 0 radical (unpaired) electrons. The molecule has 0 spiro atoms. The first-order chi connectivity index (χ1) is 7.56. The van der Waals surface area contributed by atoms with Crippen LogP contribution in [0.1, 0.15) is 10.6 Å². The number of carbonyl (C=O) groups is 1. The number of rotatable bonds is 3. The summed E-state index contributed by atoms with van der Waals surface area (Å²) in [7, 11) is 0. The largest absolute Gasteiger partial charge is 0.480 e. The van der Waals surface area contributed by atoms with Gasteiger partial charge in [0.1, 0.15) is 5.38 Å². The highest BCUT2D eigenvalue weighted by molar-refractivity contribution is 7.18. The predicted octanol–water partition coefficient (Wildman–Crippen LogP) is 2.84. The molecule has 2 aromatic rings. The minimum atomic E-state index is -0.984. The molecule has 0 bridgehead atoms. The summed E-state index contributed by atoms with van der Waals surface area (Å²) in [6.07, 6.45) is 0.337. The molecule has 2 rings (SSSR count). The Labute approximate surface area is 102 Å². The molecule has 5 heteroatoms. The van der Waals surface area contributed by atoms with Gasteiger partial charge in [-0.15, -0.1) is 22.9 Å². The van der Waals surface area contributed by atoms with Gasteiger partial charge in [0.25, 0.3) is 0 Å². The zero-order valence-electron chi connectivity index (χ0n) is 8.61. The zero-order valence-corrected chi connectivity index (χ0v) is 10.2. The lowest BCUT2D eigenvalue weighted by atomic mass is 10.1. The zero-order chi connectivity index (χ0) is 11.7. The van der Waals surface area contributed by atoms with Crippen LogP contribution in [0.4, 0.5) is 0 Å². The van der Waals surface area contributed by atoms with Crippen molar-refractivity contribution in [1.29, 1.82) is 0 Å². The van der Waals surface area contributed by atoms with Crippen molar-refractivity contribution in [2.24, 2.45) is 0 Å². The van der Waals surface area contributed by atoms with Gasteiger partial charge in [0.05, 0.1) is 15.2 Å². The average Bonchev–Trinajstić information content (AvgIpc) is 2.57. The lowest BCUT2D eigenvalue weighted by molar-refractivity contribution is -0.136. The maximum atomic E-state index is 10.6. The van der Waals surface area contributed by atoms with Crippen LogP contribution in [0.25, 0.3) is 10.2 Å². The number of thiazole rings is 1. The van der Waals surface area contributed by atoms with Gasteiger partial charge < -0.3 is 5.11 Å². The second-order valence-corrected chi connectivity index (χ2v) is 5.31. The van der Waals surface area contributed by atoms with Gasteiger partial charge in [0.15, 0.2) is 0 Å². The molecule has 0 fully saturated rings. The lowest BCUT2D eigenvalue weighted by Gasteiger charge is -2.03. The van der Waals surface area contributed by atoms with E-state index in [-0.39, 0.29) is 0 Å². The van der Waals surface area contributed by atoms with Gasteiger partial charge >= 0.3 is 5.97 Å². The first kappa shape index (κ1) is 11.4. The van der Waals surface area contributed by atoms with E-state index in [1.54, 1.807) is 11.3 Å². The molecule has 1 heterocycles. The third kappa shape index (κ3) is 2.33. The molecule has 0 aliphatic carbocycles. The number of aryl methyl sites for hydroxylation is 1. The number of alkyl halides is 1. The highest BCUT2D eigenvalue weighted by Gasteiger charge is 2.14. The molecule has 84 valence electrons. The van der Waals surface area contributed by atoms with Crippen LogP contribution >= 0.6 is 22.9 Å². The molecule has 0 aliphatic heterocycles. The number of aromatic nitrogens is 1. The Balaban J connectivity index is 2.28. The molecule has 0 saturated heterocycles. The van der Waals surface area contributed by atoms with Gasteiger partial charge in [0, 0.05) is 0 Å². The number of nitrogens with zero attached hydrogens (tertiary/aromatic N) is 1. The Kier molecular flexibility index (Phi) is 3.12. The number of carboxylic acids is 1. The summed E-state index contributed by atoms with van der Waals surface area (Å²) in [5.41, 5.74) is 1.88. The van der Waals surface area contributed by atoms with Crippen LogP contribution < -0.4 is 0 Å². The molecule has 0 aliphatic rings. The molecular formula is C11H10ClNO2S. The number of hydrogen-bond acceptors (Lipinski definition) is 3. The maximum absolute atomic E-state index is 10.6. The smallest absolute Gasteiger partial charge is 0.321 e. The van der Waals surface area contributed by atoms with E-state index in [9.17, 15) is 4.79 Å². The second-order valence-electron chi connectivity index (χ2n) is 3.54. The minimum Gasteiger partial charge on any atom is -0.480 e. The van der Waals surface area contributed by atoms with E-state index in [2.05, 4.69) is 4.98 Å². The van der Waals surface area contributed by atoms with Crippen molar-refractivity contribution < 1.29 is 9.90 Å².